The largest absolute Gasteiger partial charge is 0.348 e. The van der Waals surface area contributed by atoms with Crippen LogP contribution in [-0.2, 0) is 16.0 Å². The minimum Gasteiger partial charge on any atom is -0.348 e. The van der Waals surface area contributed by atoms with Gasteiger partial charge in [-0.25, -0.2) is 0 Å². The first-order chi connectivity index (χ1) is 18.3. The predicted molar refractivity (Wildman–Crippen MR) is 151 cm³/mol. The summed E-state index contributed by atoms with van der Waals surface area (Å²) in [5.74, 6) is 1.48. The van der Waals surface area contributed by atoms with Gasteiger partial charge in [0.2, 0.25) is 11.8 Å². The van der Waals surface area contributed by atoms with Crippen LogP contribution in [0.25, 0.3) is 0 Å². The highest BCUT2D eigenvalue weighted by Crippen LogP contribution is 2.65. The molecule has 4 heteroatoms. The second kappa shape index (κ2) is 9.84. The first-order valence-corrected chi connectivity index (χ1v) is 15.0. The van der Waals surface area contributed by atoms with Gasteiger partial charge in [0.25, 0.3) is 0 Å². The third kappa shape index (κ3) is 4.28. The summed E-state index contributed by atoms with van der Waals surface area (Å²) >= 11 is 0. The van der Waals surface area contributed by atoms with Gasteiger partial charge in [-0.05, 0) is 91.1 Å². The molecule has 4 nitrogen and oxygen atoms in total. The number of likely N-dealkylation sites (tertiary alicyclic amines) is 1. The Morgan fingerprint density at radius 3 is 2.39 bits per heavy atom. The molecule has 0 bridgehead atoms. The number of benzene rings is 2. The van der Waals surface area contributed by atoms with Crippen LogP contribution >= 0.6 is 0 Å². The monoisotopic (exact) mass is 512 g/mol. The standard InChI is InChI=1S/C34H44N2O2/c1-33-19-10-15-27(33)25-16-17-30-34(2,28(25)18-20-33)22-26(32(38)36(30)3)31(37)35-29(24-13-8-5-9-14-24)21-23-11-6-4-7-12-23/h4-9,11-14,25-30H,10,15-22H2,1-3H3,(H,35,37)/t25-,26?,27-,28+,29?,30?,33-,34+/m0/s1. The van der Waals surface area contributed by atoms with E-state index in [-0.39, 0.29) is 29.3 Å². The average molecular weight is 513 g/mol. The molecule has 1 N–H and O–H groups in total. The van der Waals surface area contributed by atoms with Gasteiger partial charge in [-0.3, -0.25) is 9.59 Å². The molecular formula is C34H44N2O2. The quantitative estimate of drug-likeness (QED) is 0.461. The van der Waals surface area contributed by atoms with Crippen molar-refractivity contribution in [3.05, 3.63) is 71.8 Å². The number of rotatable bonds is 5. The lowest BCUT2D eigenvalue weighted by Gasteiger charge is -2.62. The lowest BCUT2D eigenvalue weighted by molar-refractivity contribution is -0.169. The van der Waals surface area contributed by atoms with Gasteiger partial charge in [-0.15, -0.1) is 0 Å². The minimum absolute atomic E-state index is 0.000817. The second-order valence-corrected chi connectivity index (χ2v) is 13.4. The van der Waals surface area contributed by atoms with Gasteiger partial charge in [-0.1, -0.05) is 80.9 Å². The molecule has 8 atom stereocenters. The van der Waals surface area contributed by atoms with Gasteiger partial charge in [-0.2, -0.15) is 0 Å². The number of carbonyl (C=O) groups is 2. The summed E-state index contributed by atoms with van der Waals surface area (Å²) < 4.78 is 0. The first kappa shape index (κ1) is 25.6. The smallest absolute Gasteiger partial charge is 0.235 e. The molecule has 4 aliphatic rings. The van der Waals surface area contributed by atoms with Gasteiger partial charge in [0, 0.05) is 13.1 Å². The maximum Gasteiger partial charge on any atom is 0.235 e. The van der Waals surface area contributed by atoms with E-state index in [0.29, 0.717) is 24.2 Å². The lowest BCUT2D eigenvalue weighted by atomic mass is 9.47. The maximum absolute atomic E-state index is 14.0. The Morgan fingerprint density at radius 1 is 0.947 bits per heavy atom. The van der Waals surface area contributed by atoms with Crippen LogP contribution in [-0.4, -0.2) is 29.8 Å². The Hall–Kier alpha value is -2.62. The van der Waals surface area contributed by atoms with E-state index < -0.39 is 5.92 Å². The van der Waals surface area contributed by atoms with Crippen molar-refractivity contribution >= 4 is 11.8 Å². The third-order valence-electron chi connectivity index (χ3n) is 11.5. The normalized spacial score (nSPS) is 37.1. The van der Waals surface area contributed by atoms with Gasteiger partial charge in [0.05, 0.1) is 6.04 Å². The summed E-state index contributed by atoms with van der Waals surface area (Å²) in [6.07, 6.45) is 10.4. The fourth-order valence-corrected chi connectivity index (χ4v) is 9.54. The molecule has 3 saturated carbocycles. The van der Waals surface area contributed by atoms with Crippen molar-refractivity contribution in [3.8, 4) is 0 Å². The summed E-state index contributed by atoms with van der Waals surface area (Å²) in [4.78, 5) is 29.7. The summed E-state index contributed by atoms with van der Waals surface area (Å²) in [5.41, 5.74) is 2.77. The van der Waals surface area contributed by atoms with E-state index in [1.807, 2.05) is 48.3 Å². The van der Waals surface area contributed by atoms with Crippen molar-refractivity contribution in [1.82, 2.24) is 10.2 Å². The van der Waals surface area contributed by atoms with Crippen molar-refractivity contribution in [2.45, 2.75) is 83.7 Å². The summed E-state index contributed by atoms with van der Waals surface area (Å²) in [7, 11) is 1.96. The fraction of sp³-hybridized carbons (Fsp3) is 0.588. The van der Waals surface area contributed by atoms with Crippen molar-refractivity contribution in [3.63, 3.8) is 0 Å². The fourth-order valence-electron chi connectivity index (χ4n) is 9.54. The van der Waals surface area contributed by atoms with Crippen LogP contribution in [0.1, 0.15) is 82.4 Å². The van der Waals surface area contributed by atoms with Crippen molar-refractivity contribution in [2.24, 2.45) is 34.5 Å². The van der Waals surface area contributed by atoms with E-state index in [2.05, 4.69) is 43.4 Å². The predicted octanol–water partition coefficient (Wildman–Crippen LogP) is 6.57. The Labute approximate surface area is 228 Å². The number of hydrogen-bond donors (Lipinski definition) is 1. The Kier molecular flexibility index (Phi) is 6.64. The molecule has 3 aliphatic carbocycles. The number of piperidine rings is 1. The summed E-state index contributed by atoms with van der Waals surface area (Å²) in [5, 5.41) is 3.34. The van der Waals surface area contributed by atoms with Gasteiger partial charge >= 0.3 is 0 Å². The number of nitrogens with zero attached hydrogens (tertiary/aromatic N) is 1. The molecule has 2 aromatic carbocycles. The zero-order valence-corrected chi connectivity index (χ0v) is 23.4. The molecule has 1 heterocycles. The number of amides is 2. The van der Waals surface area contributed by atoms with E-state index in [4.69, 9.17) is 0 Å². The Balaban J connectivity index is 1.25. The highest BCUT2D eigenvalue weighted by molar-refractivity contribution is 6.01. The summed E-state index contributed by atoms with van der Waals surface area (Å²) in [6.45, 7) is 4.96. The van der Waals surface area contributed by atoms with Crippen LogP contribution in [0.2, 0.25) is 0 Å². The highest BCUT2D eigenvalue weighted by Gasteiger charge is 2.61. The number of carbonyl (C=O) groups excluding carboxylic acids is 2. The molecule has 0 aromatic heterocycles. The van der Waals surface area contributed by atoms with Gasteiger partial charge in [0.1, 0.15) is 5.92 Å². The molecule has 202 valence electrons. The Bertz CT molecular complexity index is 1170. The lowest BCUT2D eigenvalue weighted by Crippen LogP contribution is -2.64. The third-order valence-corrected chi connectivity index (χ3v) is 11.5. The topological polar surface area (TPSA) is 49.4 Å². The van der Waals surface area contributed by atoms with Crippen molar-refractivity contribution < 1.29 is 9.59 Å². The molecule has 2 aromatic rings. The van der Waals surface area contributed by atoms with Crippen LogP contribution in [0.15, 0.2) is 60.7 Å². The van der Waals surface area contributed by atoms with Crippen LogP contribution in [0.4, 0.5) is 0 Å². The molecule has 6 rings (SSSR count). The molecule has 4 fully saturated rings. The molecule has 1 saturated heterocycles. The average Bonchev–Trinajstić information content (AvgIpc) is 3.33. The molecule has 38 heavy (non-hydrogen) atoms. The Morgan fingerprint density at radius 2 is 1.66 bits per heavy atom. The van der Waals surface area contributed by atoms with Gasteiger partial charge < -0.3 is 10.2 Å². The minimum atomic E-state index is -0.612. The van der Waals surface area contributed by atoms with Crippen molar-refractivity contribution in [1.29, 1.82) is 0 Å². The zero-order chi connectivity index (χ0) is 26.5. The molecule has 2 amide bonds. The molecular weight excluding hydrogens is 468 g/mol. The summed E-state index contributed by atoms with van der Waals surface area (Å²) in [6, 6.07) is 20.6. The number of hydrogen-bond acceptors (Lipinski definition) is 2. The van der Waals surface area contributed by atoms with E-state index in [0.717, 1.165) is 23.8 Å². The highest BCUT2D eigenvalue weighted by atomic mass is 16.2. The SMILES string of the molecule is CN1C(=O)C(C(=O)NC(Cc2ccccc2)c2ccccc2)C[C@@]2(C)C1CC[C@@H]1[C@H]2CC[C@]2(C)CCC[C@@H]12. The van der Waals surface area contributed by atoms with Crippen LogP contribution in [0.3, 0.4) is 0 Å². The first-order valence-electron chi connectivity index (χ1n) is 15.0. The number of fused-ring (bicyclic) bond motifs is 5. The second-order valence-electron chi connectivity index (χ2n) is 13.4. The van der Waals surface area contributed by atoms with E-state index in [1.165, 1.54) is 44.1 Å². The van der Waals surface area contributed by atoms with E-state index in [9.17, 15) is 9.59 Å². The van der Waals surface area contributed by atoms with Crippen LogP contribution in [0.5, 0.6) is 0 Å². The van der Waals surface area contributed by atoms with Gasteiger partial charge in [0.15, 0.2) is 0 Å². The molecule has 0 spiro atoms. The zero-order valence-electron chi connectivity index (χ0n) is 23.4. The van der Waals surface area contributed by atoms with Crippen LogP contribution < -0.4 is 5.32 Å². The number of nitrogens with one attached hydrogen (secondary N) is 1. The van der Waals surface area contributed by atoms with Crippen molar-refractivity contribution in [2.75, 3.05) is 7.05 Å². The molecule has 1 aliphatic heterocycles. The molecule has 3 unspecified atom stereocenters. The molecule has 0 radical (unpaired) electrons. The van der Waals surface area contributed by atoms with E-state index >= 15 is 0 Å². The maximum atomic E-state index is 14.0. The van der Waals surface area contributed by atoms with Crippen LogP contribution in [0, 0.1) is 34.5 Å². The van der Waals surface area contributed by atoms with E-state index in [1.54, 1.807) is 0 Å².